The fourth-order valence-electron chi connectivity index (χ4n) is 1.70. The van der Waals surface area contributed by atoms with E-state index in [4.69, 9.17) is 31.0 Å². The van der Waals surface area contributed by atoms with Crippen LogP contribution < -0.4 is 14.7 Å². The number of carbonyl (C=O) groups excluding carboxylic acids is 1. The zero-order valence-electron chi connectivity index (χ0n) is 12.6. The molecule has 0 bridgehead atoms. The molecule has 0 unspecified atom stereocenters. The lowest BCUT2D eigenvalue weighted by atomic mass is 10.3. The van der Waals surface area contributed by atoms with Gasteiger partial charge < -0.3 is 24.6 Å². The van der Waals surface area contributed by atoms with Gasteiger partial charge in [0.15, 0.2) is 0 Å². The fraction of sp³-hybridized carbons (Fsp3) is 0.188. The molecule has 0 spiro atoms. The first-order chi connectivity index (χ1) is 11.5. The summed E-state index contributed by atoms with van der Waals surface area (Å²) in [6.07, 6.45) is -0.371. The first kappa shape index (κ1) is 17.9. The van der Waals surface area contributed by atoms with Gasteiger partial charge in [-0.1, -0.05) is 11.6 Å². The Morgan fingerprint density at radius 3 is 2.29 bits per heavy atom. The van der Waals surface area contributed by atoms with E-state index >= 15 is 0 Å². The smallest absolute Gasteiger partial charge is 0.513 e. The quantitative estimate of drug-likeness (QED) is 0.348. The van der Waals surface area contributed by atoms with E-state index in [9.17, 15) is 10.0 Å². The van der Waals surface area contributed by atoms with Gasteiger partial charge in [0.2, 0.25) is 0 Å². The molecule has 24 heavy (non-hydrogen) atoms. The average molecular weight is 353 g/mol. The molecule has 0 aromatic heterocycles. The Morgan fingerprint density at radius 2 is 1.67 bits per heavy atom. The summed E-state index contributed by atoms with van der Waals surface area (Å²) in [6.45, 7) is 0.509. The van der Waals surface area contributed by atoms with Crippen molar-refractivity contribution in [2.75, 3.05) is 18.4 Å². The third-order valence-corrected chi connectivity index (χ3v) is 3.10. The second-order valence-electron chi connectivity index (χ2n) is 4.62. The summed E-state index contributed by atoms with van der Waals surface area (Å²) in [5.41, 5.74) is 0.0232. The van der Waals surface area contributed by atoms with Crippen molar-refractivity contribution < 1.29 is 24.2 Å². The van der Waals surface area contributed by atoms with E-state index in [-0.39, 0.29) is 23.3 Å². The number of carbonyl (C=O) groups is 1. The third-order valence-electron chi connectivity index (χ3n) is 2.85. The molecule has 1 N–H and O–H groups in total. The number of benzene rings is 2. The molecule has 0 atom stereocenters. The van der Waals surface area contributed by atoms with Crippen molar-refractivity contribution >= 4 is 23.4 Å². The van der Waals surface area contributed by atoms with Gasteiger partial charge in [-0.05, 0) is 48.5 Å². The van der Waals surface area contributed by atoms with Crippen LogP contribution in [0, 0.1) is 5.21 Å². The second-order valence-corrected chi connectivity index (χ2v) is 5.06. The topological polar surface area (TPSA) is 91.3 Å². The van der Waals surface area contributed by atoms with Crippen molar-refractivity contribution in [3.63, 3.8) is 0 Å². The molecule has 2 aromatic carbocycles. The highest BCUT2D eigenvalue weighted by atomic mass is 35.5. The Labute approximate surface area is 143 Å². The molecule has 0 radical (unpaired) electrons. The molecule has 0 heterocycles. The number of rotatable bonds is 7. The van der Waals surface area contributed by atoms with Crippen LogP contribution in [0.1, 0.15) is 6.42 Å². The summed E-state index contributed by atoms with van der Waals surface area (Å²) in [6, 6.07) is 12.3. The molecular weight excluding hydrogens is 338 g/mol. The number of ether oxygens (including phenoxy) is 3. The van der Waals surface area contributed by atoms with E-state index in [1.54, 1.807) is 24.3 Å². The van der Waals surface area contributed by atoms with Crippen LogP contribution in [0.3, 0.4) is 0 Å². The van der Waals surface area contributed by atoms with E-state index in [1.165, 1.54) is 24.3 Å². The second kappa shape index (κ2) is 8.97. The van der Waals surface area contributed by atoms with Gasteiger partial charge in [-0.2, -0.15) is 0 Å². The van der Waals surface area contributed by atoms with Crippen molar-refractivity contribution in [2.45, 2.75) is 6.42 Å². The van der Waals surface area contributed by atoms with E-state index in [2.05, 4.69) is 0 Å². The van der Waals surface area contributed by atoms with Crippen LogP contribution in [0.2, 0.25) is 5.02 Å². The Kier molecular flexibility index (Phi) is 6.68. The highest BCUT2D eigenvalue weighted by molar-refractivity contribution is 6.30. The summed E-state index contributed by atoms with van der Waals surface area (Å²) >= 11 is 5.76. The number of halogens is 1. The zero-order chi connectivity index (χ0) is 17.4. The van der Waals surface area contributed by atoms with Gasteiger partial charge >= 0.3 is 6.16 Å². The van der Waals surface area contributed by atoms with Crippen molar-refractivity contribution in [3.05, 3.63) is 58.8 Å². The lowest BCUT2D eigenvalue weighted by Gasteiger charge is -2.21. The van der Waals surface area contributed by atoms with Crippen molar-refractivity contribution in [1.82, 2.24) is 0 Å². The van der Waals surface area contributed by atoms with Gasteiger partial charge in [-0.15, -0.1) is 0 Å². The molecule has 2 rings (SSSR count). The van der Waals surface area contributed by atoms with E-state index in [0.717, 1.165) is 0 Å². The standard InChI is InChI=1S/C16H15ClNO6/c17-12-2-6-14(7-3-12)22-10-1-11-23-16(19)24-15-8-4-13(5-9-15)18(20)21/h2-9,20H,1,10-11H2/q-1. The predicted octanol–water partition coefficient (Wildman–Crippen LogP) is 4.02. The van der Waals surface area contributed by atoms with Crippen LogP contribution in [-0.4, -0.2) is 24.6 Å². The molecule has 8 heteroatoms. The SMILES string of the molecule is O=C(OCCCOc1ccc(Cl)cc1)Oc1ccc(N([O-])O)cc1. The Bertz CT molecular complexity index is 645. The molecular formula is C16H15ClNO6-. The Hall–Kier alpha value is -2.48. The Morgan fingerprint density at radius 1 is 1.04 bits per heavy atom. The van der Waals surface area contributed by atoms with Gasteiger partial charge in [0.05, 0.1) is 18.9 Å². The van der Waals surface area contributed by atoms with Gasteiger partial charge in [0, 0.05) is 11.4 Å². The van der Waals surface area contributed by atoms with Crippen molar-refractivity contribution in [3.8, 4) is 11.5 Å². The minimum atomic E-state index is -0.864. The van der Waals surface area contributed by atoms with Gasteiger partial charge in [-0.3, -0.25) is 5.21 Å². The summed E-state index contributed by atoms with van der Waals surface area (Å²) in [7, 11) is 0. The average Bonchev–Trinajstić information content (AvgIpc) is 2.56. The lowest BCUT2D eigenvalue weighted by Crippen LogP contribution is -2.13. The van der Waals surface area contributed by atoms with Crippen LogP contribution >= 0.6 is 11.6 Å². The summed E-state index contributed by atoms with van der Waals surface area (Å²) < 4.78 is 15.3. The minimum Gasteiger partial charge on any atom is -0.733 e. The largest absolute Gasteiger partial charge is 0.733 e. The molecule has 0 saturated carbocycles. The maximum atomic E-state index is 11.5. The summed E-state index contributed by atoms with van der Waals surface area (Å²) in [5.74, 6) is 0.876. The number of nitrogens with zero attached hydrogens (tertiary/aromatic N) is 1. The molecule has 0 aliphatic carbocycles. The van der Waals surface area contributed by atoms with E-state index < -0.39 is 6.16 Å². The molecule has 0 aliphatic rings. The third kappa shape index (κ3) is 5.96. The highest BCUT2D eigenvalue weighted by Gasteiger charge is 2.06. The van der Waals surface area contributed by atoms with Gasteiger partial charge in [0.1, 0.15) is 11.5 Å². The molecule has 128 valence electrons. The van der Waals surface area contributed by atoms with Crippen LogP contribution in [-0.2, 0) is 4.74 Å². The summed E-state index contributed by atoms with van der Waals surface area (Å²) in [4.78, 5) is 11.5. The van der Waals surface area contributed by atoms with Gasteiger partial charge in [0.25, 0.3) is 0 Å². The number of hydrogen-bond acceptors (Lipinski definition) is 7. The Balaban J connectivity index is 1.63. The monoisotopic (exact) mass is 352 g/mol. The van der Waals surface area contributed by atoms with Crippen LogP contribution in [0.4, 0.5) is 10.5 Å². The molecule has 0 fully saturated rings. The number of hydrogen-bond donors (Lipinski definition) is 1. The highest BCUT2D eigenvalue weighted by Crippen LogP contribution is 2.18. The van der Waals surface area contributed by atoms with Gasteiger partial charge in [-0.25, -0.2) is 4.79 Å². The van der Waals surface area contributed by atoms with Crippen molar-refractivity contribution in [2.24, 2.45) is 0 Å². The first-order valence-electron chi connectivity index (χ1n) is 7.04. The fourth-order valence-corrected chi connectivity index (χ4v) is 1.83. The molecule has 7 nitrogen and oxygen atoms in total. The van der Waals surface area contributed by atoms with Crippen molar-refractivity contribution in [1.29, 1.82) is 0 Å². The number of anilines is 1. The van der Waals surface area contributed by atoms with E-state index in [1.807, 2.05) is 0 Å². The summed E-state index contributed by atoms with van der Waals surface area (Å²) in [5, 5.41) is 19.6. The minimum absolute atomic E-state index is 0.0232. The normalized spacial score (nSPS) is 10.1. The molecule has 0 saturated heterocycles. The van der Waals surface area contributed by atoms with Crippen LogP contribution in [0.25, 0.3) is 0 Å². The first-order valence-corrected chi connectivity index (χ1v) is 7.41. The molecule has 2 aromatic rings. The lowest BCUT2D eigenvalue weighted by molar-refractivity contribution is 0.0937. The maximum absolute atomic E-state index is 11.5. The molecule has 0 amide bonds. The zero-order valence-corrected chi connectivity index (χ0v) is 13.3. The maximum Gasteiger partial charge on any atom is 0.513 e. The predicted molar refractivity (Wildman–Crippen MR) is 87.6 cm³/mol. The van der Waals surface area contributed by atoms with E-state index in [0.29, 0.717) is 23.8 Å². The van der Waals surface area contributed by atoms with Crippen LogP contribution in [0.15, 0.2) is 48.5 Å². The van der Waals surface area contributed by atoms with Crippen LogP contribution in [0.5, 0.6) is 11.5 Å². The molecule has 0 aliphatic heterocycles.